The van der Waals surface area contributed by atoms with Crippen molar-refractivity contribution in [1.82, 2.24) is 5.32 Å². The molecule has 1 fully saturated rings. The van der Waals surface area contributed by atoms with Crippen molar-refractivity contribution in [2.24, 2.45) is 5.92 Å². The number of carbonyl (C=O) groups excluding carboxylic acids is 1. The standard InChI is InChI=1S/C12H20N2O2/c1-2-16-12(15)10-5-3-6-11(9-10)14-8-4-7-13/h10-11,14H,2-6,8-9H2,1H3. The van der Waals surface area contributed by atoms with Crippen LogP contribution in [0.4, 0.5) is 0 Å². The van der Waals surface area contributed by atoms with Crippen molar-refractivity contribution in [1.29, 1.82) is 5.26 Å². The lowest BCUT2D eigenvalue weighted by Gasteiger charge is -2.28. The van der Waals surface area contributed by atoms with Crippen molar-refractivity contribution < 1.29 is 9.53 Å². The summed E-state index contributed by atoms with van der Waals surface area (Å²) in [6, 6.07) is 2.48. The third-order valence-corrected chi connectivity index (χ3v) is 2.96. The summed E-state index contributed by atoms with van der Waals surface area (Å²) in [6.07, 6.45) is 4.48. The summed E-state index contributed by atoms with van der Waals surface area (Å²) in [7, 11) is 0. The van der Waals surface area contributed by atoms with Crippen molar-refractivity contribution in [3.63, 3.8) is 0 Å². The summed E-state index contributed by atoms with van der Waals surface area (Å²) < 4.78 is 5.04. The van der Waals surface area contributed by atoms with Gasteiger partial charge in [0.1, 0.15) is 0 Å². The second-order valence-electron chi connectivity index (χ2n) is 4.17. The lowest BCUT2D eigenvalue weighted by atomic mass is 9.85. The average molecular weight is 224 g/mol. The van der Waals surface area contributed by atoms with Gasteiger partial charge in [-0.05, 0) is 26.2 Å². The van der Waals surface area contributed by atoms with Crippen LogP contribution in [0.3, 0.4) is 0 Å². The number of nitrogens with one attached hydrogen (secondary N) is 1. The zero-order valence-electron chi connectivity index (χ0n) is 9.87. The molecule has 90 valence electrons. The van der Waals surface area contributed by atoms with Crippen LogP contribution in [0.15, 0.2) is 0 Å². The predicted molar refractivity (Wildman–Crippen MR) is 60.6 cm³/mol. The maximum atomic E-state index is 11.6. The molecule has 1 aliphatic carbocycles. The normalized spacial score (nSPS) is 24.8. The SMILES string of the molecule is CCOC(=O)C1CCCC(NCCC#N)C1. The van der Waals surface area contributed by atoms with Gasteiger partial charge >= 0.3 is 5.97 Å². The lowest BCUT2D eigenvalue weighted by molar-refractivity contribution is -0.149. The van der Waals surface area contributed by atoms with Gasteiger partial charge in [0.05, 0.1) is 18.6 Å². The average Bonchev–Trinajstić information content (AvgIpc) is 2.30. The fourth-order valence-corrected chi connectivity index (χ4v) is 2.18. The van der Waals surface area contributed by atoms with E-state index in [1.807, 2.05) is 6.92 Å². The van der Waals surface area contributed by atoms with Crippen LogP contribution in [0.1, 0.15) is 39.0 Å². The summed E-state index contributed by atoms with van der Waals surface area (Å²) in [5.74, 6) is -0.0115. The van der Waals surface area contributed by atoms with Gasteiger partial charge in [-0.2, -0.15) is 5.26 Å². The van der Waals surface area contributed by atoms with E-state index in [9.17, 15) is 4.79 Å². The molecular weight excluding hydrogens is 204 g/mol. The Kier molecular flexibility index (Phi) is 5.87. The van der Waals surface area contributed by atoms with Crippen LogP contribution < -0.4 is 5.32 Å². The van der Waals surface area contributed by atoms with E-state index >= 15 is 0 Å². The summed E-state index contributed by atoms with van der Waals surface area (Å²) >= 11 is 0. The number of esters is 1. The molecule has 0 heterocycles. The Labute approximate surface area is 97.0 Å². The molecule has 0 aromatic carbocycles. The van der Waals surface area contributed by atoms with Gasteiger partial charge in [0.25, 0.3) is 0 Å². The largest absolute Gasteiger partial charge is 0.466 e. The first-order valence-corrected chi connectivity index (χ1v) is 6.05. The topological polar surface area (TPSA) is 62.1 Å². The Morgan fingerprint density at radius 1 is 1.56 bits per heavy atom. The zero-order valence-corrected chi connectivity index (χ0v) is 9.87. The molecule has 0 saturated heterocycles. The van der Waals surface area contributed by atoms with Gasteiger partial charge in [0.15, 0.2) is 0 Å². The molecule has 0 aromatic rings. The van der Waals surface area contributed by atoms with Gasteiger partial charge in [-0.3, -0.25) is 4.79 Å². The van der Waals surface area contributed by atoms with Crippen molar-refractivity contribution in [3.05, 3.63) is 0 Å². The summed E-state index contributed by atoms with van der Waals surface area (Å²) in [5, 5.41) is 11.8. The molecule has 0 aromatic heterocycles. The second-order valence-corrected chi connectivity index (χ2v) is 4.17. The summed E-state index contributed by atoms with van der Waals surface area (Å²) in [6.45, 7) is 3.02. The molecule has 1 rings (SSSR count). The van der Waals surface area contributed by atoms with E-state index in [2.05, 4.69) is 11.4 Å². The van der Waals surface area contributed by atoms with Crippen LogP contribution in [-0.2, 0) is 9.53 Å². The van der Waals surface area contributed by atoms with Crippen LogP contribution in [0, 0.1) is 17.2 Å². The molecule has 2 unspecified atom stereocenters. The van der Waals surface area contributed by atoms with E-state index in [4.69, 9.17) is 10.00 Å². The number of hydrogen-bond acceptors (Lipinski definition) is 4. The number of ether oxygens (including phenoxy) is 1. The molecule has 2 atom stereocenters. The Morgan fingerprint density at radius 3 is 3.06 bits per heavy atom. The summed E-state index contributed by atoms with van der Waals surface area (Å²) in [4.78, 5) is 11.6. The molecule has 0 aliphatic heterocycles. The molecule has 1 aliphatic rings. The van der Waals surface area contributed by atoms with Crippen LogP contribution in [0.25, 0.3) is 0 Å². The number of carbonyl (C=O) groups is 1. The van der Waals surface area contributed by atoms with E-state index in [-0.39, 0.29) is 11.9 Å². The maximum absolute atomic E-state index is 11.6. The fraction of sp³-hybridized carbons (Fsp3) is 0.833. The minimum atomic E-state index is -0.0608. The van der Waals surface area contributed by atoms with Gasteiger partial charge in [0.2, 0.25) is 0 Å². The molecule has 1 N–H and O–H groups in total. The number of nitrogens with zero attached hydrogens (tertiary/aromatic N) is 1. The highest BCUT2D eigenvalue weighted by Gasteiger charge is 2.27. The first-order chi connectivity index (χ1) is 7.77. The number of rotatable bonds is 5. The van der Waals surface area contributed by atoms with Crippen molar-refractivity contribution in [3.8, 4) is 6.07 Å². The van der Waals surface area contributed by atoms with Crippen LogP contribution >= 0.6 is 0 Å². The quantitative estimate of drug-likeness (QED) is 0.569. The number of hydrogen-bond donors (Lipinski definition) is 1. The molecule has 0 spiro atoms. The molecule has 4 nitrogen and oxygen atoms in total. The van der Waals surface area contributed by atoms with Gasteiger partial charge in [-0.15, -0.1) is 0 Å². The lowest BCUT2D eigenvalue weighted by Crippen LogP contribution is -2.37. The third-order valence-electron chi connectivity index (χ3n) is 2.96. The Morgan fingerprint density at radius 2 is 2.38 bits per heavy atom. The smallest absolute Gasteiger partial charge is 0.308 e. The van der Waals surface area contributed by atoms with Gasteiger partial charge in [-0.25, -0.2) is 0 Å². The van der Waals surface area contributed by atoms with E-state index in [0.29, 0.717) is 19.1 Å². The highest BCUT2D eigenvalue weighted by molar-refractivity contribution is 5.72. The van der Waals surface area contributed by atoms with Gasteiger partial charge in [-0.1, -0.05) is 6.42 Å². The molecule has 16 heavy (non-hydrogen) atoms. The van der Waals surface area contributed by atoms with Crippen molar-refractivity contribution in [2.45, 2.75) is 45.1 Å². The van der Waals surface area contributed by atoms with Gasteiger partial charge < -0.3 is 10.1 Å². The van der Waals surface area contributed by atoms with Crippen molar-refractivity contribution >= 4 is 5.97 Å². The Balaban J connectivity index is 2.29. The molecule has 0 radical (unpaired) electrons. The maximum Gasteiger partial charge on any atom is 0.308 e. The zero-order chi connectivity index (χ0) is 11.8. The van der Waals surface area contributed by atoms with Gasteiger partial charge in [0, 0.05) is 19.0 Å². The van der Waals surface area contributed by atoms with E-state index in [1.165, 1.54) is 0 Å². The molecular formula is C12H20N2O2. The molecule has 0 amide bonds. The molecule has 0 bridgehead atoms. The minimum Gasteiger partial charge on any atom is -0.466 e. The Bertz CT molecular complexity index is 260. The van der Waals surface area contributed by atoms with Crippen LogP contribution in [0.5, 0.6) is 0 Å². The highest BCUT2D eigenvalue weighted by Crippen LogP contribution is 2.25. The van der Waals surface area contributed by atoms with Crippen molar-refractivity contribution in [2.75, 3.05) is 13.2 Å². The van der Waals surface area contributed by atoms with E-state index in [0.717, 1.165) is 32.2 Å². The monoisotopic (exact) mass is 224 g/mol. The predicted octanol–water partition coefficient (Wildman–Crippen LogP) is 1.61. The highest BCUT2D eigenvalue weighted by atomic mass is 16.5. The minimum absolute atomic E-state index is 0.0493. The Hall–Kier alpha value is -1.08. The first-order valence-electron chi connectivity index (χ1n) is 6.05. The fourth-order valence-electron chi connectivity index (χ4n) is 2.18. The van der Waals surface area contributed by atoms with Crippen LogP contribution in [0.2, 0.25) is 0 Å². The molecule has 1 saturated carbocycles. The molecule has 4 heteroatoms. The summed E-state index contributed by atoms with van der Waals surface area (Å²) in [5.41, 5.74) is 0. The third kappa shape index (κ3) is 4.19. The number of nitriles is 1. The van der Waals surface area contributed by atoms with Crippen LogP contribution in [-0.4, -0.2) is 25.2 Å². The van der Waals surface area contributed by atoms with E-state index in [1.54, 1.807) is 0 Å². The second kappa shape index (κ2) is 7.24. The first kappa shape index (κ1) is 13.0. The van der Waals surface area contributed by atoms with E-state index < -0.39 is 0 Å².